The third-order valence-corrected chi connectivity index (χ3v) is 3.75. The maximum Gasteiger partial charge on any atom is 0.124 e. The molecule has 1 heterocycles. The summed E-state index contributed by atoms with van der Waals surface area (Å²) in [6.45, 7) is 7.47. The van der Waals surface area contributed by atoms with E-state index in [1.807, 2.05) is 6.07 Å². The van der Waals surface area contributed by atoms with E-state index in [9.17, 15) is 4.39 Å². The van der Waals surface area contributed by atoms with Gasteiger partial charge < -0.3 is 10.1 Å². The average Bonchev–Trinajstić information content (AvgIpc) is 2.38. The molecule has 0 spiro atoms. The molecule has 3 nitrogen and oxygen atoms in total. The number of ether oxygens (including phenoxy) is 1. The summed E-state index contributed by atoms with van der Waals surface area (Å²) in [5.74, 6) is -0.211. The maximum atomic E-state index is 13.2. The van der Waals surface area contributed by atoms with Crippen molar-refractivity contribution in [1.82, 2.24) is 10.2 Å². The number of nitrogens with zero attached hydrogens (tertiary/aromatic N) is 1. The van der Waals surface area contributed by atoms with Gasteiger partial charge in [0.05, 0.1) is 12.7 Å². The van der Waals surface area contributed by atoms with E-state index in [2.05, 4.69) is 33.1 Å². The summed E-state index contributed by atoms with van der Waals surface area (Å²) in [6.07, 6.45) is 0.227. The number of halogens is 2. The molecule has 1 saturated heterocycles. The van der Waals surface area contributed by atoms with Crippen molar-refractivity contribution in [1.29, 1.82) is 0 Å². The second-order valence-corrected chi connectivity index (χ2v) is 5.71. The quantitative estimate of drug-likeness (QED) is 0.897. The van der Waals surface area contributed by atoms with Crippen LogP contribution in [0, 0.1) is 5.82 Å². The Morgan fingerprint density at radius 1 is 1.47 bits per heavy atom. The molecule has 1 aliphatic heterocycles. The Kier molecular flexibility index (Phi) is 5.76. The number of hydrogen-bond acceptors (Lipinski definition) is 3. The number of likely N-dealkylation sites (N-methyl/N-ethyl adjacent to an activating group) is 1. The van der Waals surface area contributed by atoms with Crippen LogP contribution in [0.4, 0.5) is 4.39 Å². The Hall–Kier alpha value is -0.490. The molecular formula is C14H20BrFN2O. The summed E-state index contributed by atoms with van der Waals surface area (Å²) in [6, 6.07) is 4.95. The molecule has 0 saturated carbocycles. The third-order valence-electron chi connectivity index (χ3n) is 3.29. The molecule has 19 heavy (non-hydrogen) atoms. The highest BCUT2D eigenvalue weighted by atomic mass is 79.9. The minimum Gasteiger partial charge on any atom is -0.374 e. The zero-order valence-corrected chi connectivity index (χ0v) is 12.7. The minimum absolute atomic E-state index is 0.211. The summed E-state index contributed by atoms with van der Waals surface area (Å²) in [5, 5.41) is 3.33. The molecule has 1 atom stereocenters. The van der Waals surface area contributed by atoms with E-state index in [1.165, 1.54) is 6.07 Å². The van der Waals surface area contributed by atoms with Crippen LogP contribution in [0.3, 0.4) is 0 Å². The number of hydrogen-bond donors (Lipinski definition) is 1. The van der Waals surface area contributed by atoms with Crippen molar-refractivity contribution in [3.8, 4) is 0 Å². The van der Waals surface area contributed by atoms with Crippen LogP contribution < -0.4 is 5.32 Å². The summed E-state index contributed by atoms with van der Waals surface area (Å²) in [7, 11) is 0. The van der Waals surface area contributed by atoms with E-state index in [1.54, 1.807) is 6.07 Å². The number of rotatable bonds is 5. The Morgan fingerprint density at radius 2 is 2.32 bits per heavy atom. The first-order chi connectivity index (χ1) is 9.17. The fourth-order valence-electron chi connectivity index (χ4n) is 2.28. The Morgan fingerprint density at radius 3 is 3.05 bits per heavy atom. The van der Waals surface area contributed by atoms with Gasteiger partial charge in [0.25, 0.3) is 0 Å². The molecule has 106 valence electrons. The van der Waals surface area contributed by atoms with Gasteiger partial charge in [-0.15, -0.1) is 0 Å². The average molecular weight is 331 g/mol. The maximum absolute atomic E-state index is 13.2. The lowest BCUT2D eigenvalue weighted by Crippen LogP contribution is -2.46. The topological polar surface area (TPSA) is 24.5 Å². The van der Waals surface area contributed by atoms with Crippen molar-refractivity contribution in [2.45, 2.75) is 19.6 Å². The van der Waals surface area contributed by atoms with Gasteiger partial charge in [0.2, 0.25) is 0 Å². The van der Waals surface area contributed by atoms with E-state index in [0.717, 1.165) is 42.8 Å². The predicted molar refractivity (Wildman–Crippen MR) is 77.7 cm³/mol. The molecule has 1 aromatic carbocycles. The zero-order chi connectivity index (χ0) is 13.7. The van der Waals surface area contributed by atoms with Gasteiger partial charge in [0.1, 0.15) is 5.82 Å². The fraction of sp³-hybridized carbons (Fsp3) is 0.571. The van der Waals surface area contributed by atoms with Gasteiger partial charge in [-0.3, -0.25) is 4.90 Å². The summed E-state index contributed by atoms with van der Waals surface area (Å²) >= 11 is 3.30. The van der Waals surface area contributed by atoms with Crippen molar-refractivity contribution < 1.29 is 9.13 Å². The highest BCUT2D eigenvalue weighted by molar-refractivity contribution is 9.10. The molecule has 1 N–H and O–H groups in total. The predicted octanol–water partition coefficient (Wildman–Crippen LogP) is 2.40. The van der Waals surface area contributed by atoms with Crippen LogP contribution in [0.25, 0.3) is 0 Å². The standard InChI is InChI=1S/C14H20BrFN2O/c1-2-18-3-4-19-14(10-18)9-17-8-11-5-12(15)7-13(16)6-11/h5-7,14,17H,2-4,8-10H2,1H3. The van der Waals surface area contributed by atoms with Gasteiger partial charge in [-0.05, 0) is 30.3 Å². The molecule has 1 unspecified atom stereocenters. The summed E-state index contributed by atoms with van der Waals surface area (Å²) < 4.78 is 19.7. The lowest BCUT2D eigenvalue weighted by molar-refractivity contribution is -0.0253. The molecule has 0 radical (unpaired) electrons. The summed E-state index contributed by atoms with van der Waals surface area (Å²) in [4.78, 5) is 2.38. The van der Waals surface area contributed by atoms with Crippen molar-refractivity contribution in [3.05, 3.63) is 34.1 Å². The van der Waals surface area contributed by atoms with Crippen molar-refractivity contribution in [2.75, 3.05) is 32.8 Å². The van der Waals surface area contributed by atoms with Crippen LogP contribution in [-0.4, -0.2) is 43.8 Å². The Bertz CT molecular complexity index is 396. The first-order valence-corrected chi connectivity index (χ1v) is 7.46. The molecule has 1 fully saturated rings. The first-order valence-electron chi connectivity index (χ1n) is 6.67. The SMILES string of the molecule is CCN1CCOC(CNCc2cc(F)cc(Br)c2)C1. The molecule has 0 aliphatic carbocycles. The second-order valence-electron chi connectivity index (χ2n) is 4.79. The van der Waals surface area contributed by atoms with Gasteiger partial charge in [0.15, 0.2) is 0 Å². The van der Waals surface area contributed by atoms with Crippen molar-refractivity contribution in [3.63, 3.8) is 0 Å². The zero-order valence-electron chi connectivity index (χ0n) is 11.2. The van der Waals surface area contributed by atoms with E-state index in [-0.39, 0.29) is 11.9 Å². The molecule has 1 aliphatic rings. The monoisotopic (exact) mass is 330 g/mol. The van der Waals surface area contributed by atoms with Gasteiger partial charge >= 0.3 is 0 Å². The molecule has 0 aromatic heterocycles. The van der Waals surface area contributed by atoms with Crippen LogP contribution in [0.1, 0.15) is 12.5 Å². The lowest BCUT2D eigenvalue weighted by Gasteiger charge is -2.32. The highest BCUT2D eigenvalue weighted by Crippen LogP contribution is 2.14. The molecular weight excluding hydrogens is 311 g/mol. The number of morpholine rings is 1. The second kappa shape index (κ2) is 7.33. The van der Waals surface area contributed by atoms with E-state index < -0.39 is 0 Å². The van der Waals surface area contributed by atoms with Crippen molar-refractivity contribution >= 4 is 15.9 Å². The van der Waals surface area contributed by atoms with Crippen LogP contribution >= 0.6 is 15.9 Å². The lowest BCUT2D eigenvalue weighted by atomic mass is 10.2. The van der Waals surface area contributed by atoms with Crippen LogP contribution in [0.5, 0.6) is 0 Å². The summed E-state index contributed by atoms with van der Waals surface area (Å²) in [5.41, 5.74) is 0.940. The van der Waals surface area contributed by atoms with Crippen molar-refractivity contribution in [2.24, 2.45) is 0 Å². The Balaban J connectivity index is 1.76. The van der Waals surface area contributed by atoms with Gasteiger partial charge in [-0.1, -0.05) is 22.9 Å². The molecule has 1 aromatic rings. The number of nitrogens with one attached hydrogen (secondary N) is 1. The molecule has 0 bridgehead atoms. The largest absolute Gasteiger partial charge is 0.374 e. The van der Waals surface area contributed by atoms with Gasteiger partial charge in [-0.2, -0.15) is 0 Å². The highest BCUT2D eigenvalue weighted by Gasteiger charge is 2.18. The fourth-order valence-corrected chi connectivity index (χ4v) is 2.79. The van der Waals surface area contributed by atoms with Crippen LogP contribution in [0.2, 0.25) is 0 Å². The van der Waals surface area contributed by atoms with Gasteiger partial charge in [0, 0.05) is 30.7 Å². The number of benzene rings is 1. The third kappa shape index (κ3) is 4.84. The molecule has 0 amide bonds. The van der Waals surface area contributed by atoms with Crippen LogP contribution in [0.15, 0.2) is 22.7 Å². The Labute approximate surface area is 122 Å². The molecule has 5 heteroatoms. The van der Waals surface area contributed by atoms with E-state index in [4.69, 9.17) is 4.74 Å². The van der Waals surface area contributed by atoms with Gasteiger partial charge in [-0.25, -0.2) is 4.39 Å². The smallest absolute Gasteiger partial charge is 0.124 e. The van der Waals surface area contributed by atoms with E-state index >= 15 is 0 Å². The van der Waals surface area contributed by atoms with Crippen LogP contribution in [-0.2, 0) is 11.3 Å². The normalized spacial score (nSPS) is 20.7. The first kappa shape index (κ1) is 14.9. The van der Waals surface area contributed by atoms with E-state index in [0.29, 0.717) is 6.54 Å². The minimum atomic E-state index is -0.211. The molecule has 2 rings (SSSR count).